The number of piperidine rings is 1. The molecule has 0 bridgehead atoms. The number of likely N-dealkylation sites (tertiary alicyclic amines) is 1. The van der Waals surface area contributed by atoms with Crippen LogP contribution in [0.2, 0.25) is 0 Å². The number of aromatic nitrogens is 1. The van der Waals surface area contributed by atoms with Gasteiger partial charge in [-0.05, 0) is 43.5 Å². The maximum Gasteiger partial charge on any atom is 0.416 e. The zero-order valence-corrected chi connectivity index (χ0v) is 24.1. The quantitative estimate of drug-likeness (QED) is 0.385. The van der Waals surface area contributed by atoms with E-state index in [0.717, 1.165) is 65.5 Å². The van der Waals surface area contributed by atoms with Crippen LogP contribution in [0, 0.1) is 5.92 Å². The van der Waals surface area contributed by atoms with Crippen molar-refractivity contribution in [2.75, 3.05) is 25.1 Å². The van der Waals surface area contributed by atoms with Crippen molar-refractivity contribution in [1.29, 1.82) is 0 Å². The van der Waals surface area contributed by atoms with Gasteiger partial charge in [-0.15, -0.1) is 0 Å². The summed E-state index contributed by atoms with van der Waals surface area (Å²) in [5.74, 6) is -2.89. The van der Waals surface area contributed by atoms with E-state index in [0.29, 0.717) is 34.3 Å². The highest BCUT2D eigenvalue weighted by Gasteiger charge is 2.57. The van der Waals surface area contributed by atoms with Crippen LogP contribution >= 0.6 is 23.1 Å². The number of rotatable bonds is 5. The van der Waals surface area contributed by atoms with E-state index in [4.69, 9.17) is 4.74 Å². The first-order chi connectivity index (χ1) is 20.1. The summed E-state index contributed by atoms with van der Waals surface area (Å²) >= 11 is 1.94. The third-order valence-corrected chi connectivity index (χ3v) is 10.6. The van der Waals surface area contributed by atoms with Crippen LogP contribution < -0.4 is 14.5 Å². The van der Waals surface area contributed by atoms with Gasteiger partial charge in [-0.1, -0.05) is 47.4 Å². The van der Waals surface area contributed by atoms with Crippen molar-refractivity contribution < 1.29 is 32.3 Å². The lowest BCUT2D eigenvalue weighted by atomic mass is 9.82. The fourth-order valence-corrected chi connectivity index (χ4v) is 8.73. The largest absolute Gasteiger partial charge is 0.496 e. The first kappa shape index (κ1) is 28.5. The summed E-state index contributed by atoms with van der Waals surface area (Å²) in [4.78, 5) is 57.1. The molecule has 0 saturated carbocycles. The van der Waals surface area contributed by atoms with Crippen molar-refractivity contribution in [3.05, 3.63) is 74.2 Å². The number of carbonyl (C=O) groups excluding carboxylic acids is 3. The number of hydrogen-bond acceptors (Lipinski definition) is 7. The lowest BCUT2D eigenvalue weighted by molar-refractivity contribution is -0.137. The number of halogens is 3. The number of ether oxygens (including phenoxy) is 1. The molecule has 2 saturated heterocycles. The predicted octanol–water partition coefficient (Wildman–Crippen LogP) is 4.75. The van der Waals surface area contributed by atoms with Gasteiger partial charge in [0, 0.05) is 29.4 Å². The molecule has 220 valence electrons. The van der Waals surface area contributed by atoms with Gasteiger partial charge in [0.15, 0.2) is 0 Å². The minimum atomic E-state index is -4.66. The zero-order valence-electron chi connectivity index (χ0n) is 22.4. The van der Waals surface area contributed by atoms with E-state index >= 15 is 0 Å². The Hall–Kier alpha value is -3.58. The molecular weight excluding hydrogens is 591 g/mol. The molecule has 1 aromatic heterocycles. The van der Waals surface area contributed by atoms with Gasteiger partial charge in [0.1, 0.15) is 17.5 Å². The highest BCUT2D eigenvalue weighted by molar-refractivity contribution is 8.00. The maximum atomic E-state index is 14.0. The average molecular weight is 618 g/mol. The third-order valence-electron chi connectivity index (χ3n) is 7.96. The van der Waals surface area contributed by atoms with Gasteiger partial charge in [0.2, 0.25) is 17.7 Å². The molecule has 0 aliphatic carbocycles. The Labute approximate surface area is 247 Å². The van der Waals surface area contributed by atoms with Crippen LogP contribution in [-0.4, -0.2) is 52.6 Å². The number of thioether (sulfide) groups is 1. The second kappa shape index (κ2) is 10.9. The summed E-state index contributed by atoms with van der Waals surface area (Å²) in [5.41, 5.74) is -0.581. The van der Waals surface area contributed by atoms with Crippen molar-refractivity contribution in [3.8, 4) is 5.75 Å². The molecule has 6 rings (SSSR count). The van der Waals surface area contributed by atoms with E-state index in [2.05, 4.69) is 0 Å². The van der Waals surface area contributed by atoms with Crippen LogP contribution in [0.25, 0.3) is 0 Å². The molecule has 3 amide bonds. The van der Waals surface area contributed by atoms with Crippen molar-refractivity contribution in [3.63, 3.8) is 0 Å². The van der Waals surface area contributed by atoms with Crippen LogP contribution in [0.5, 0.6) is 5.75 Å². The average Bonchev–Trinajstić information content (AvgIpc) is 3.43. The molecule has 3 aromatic rings. The van der Waals surface area contributed by atoms with E-state index < -0.39 is 40.6 Å². The zero-order chi connectivity index (χ0) is 29.8. The molecule has 2 fully saturated rings. The smallest absolute Gasteiger partial charge is 0.416 e. The van der Waals surface area contributed by atoms with E-state index in [9.17, 15) is 32.3 Å². The second-order valence-corrected chi connectivity index (χ2v) is 12.5. The van der Waals surface area contributed by atoms with Crippen LogP contribution in [-0.2, 0) is 27.1 Å². The number of thiazole rings is 1. The van der Waals surface area contributed by atoms with E-state index in [1.54, 1.807) is 29.2 Å². The Morgan fingerprint density at radius 3 is 2.45 bits per heavy atom. The molecular formula is C29H26F3N3O5S2. The molecule has 0 radical (unpaired) electrons. The SMILES string of the molecule is COc1ccccc1[C@H]1c2sc(=O)n(CC(=O)N3CCCCC3)c2SC2C(=O)N(c3cccc(C(F)(F)F)c3)C(=O)C21. The molecule has 4 heterocycles. The molecule has 0 spiro atoms. The number of amides is 3. The number of nitrogens with zero attached hydrogens (tertiary/aromatic N) is 3. The molecule has 8 nitrogen and oxygen atoms in total. The highest BCUT2D eigenvalue weighted by Crippen LogP contribution is 2.55. The van der Waals surface area contributed by atoms with Gasteiger partial charge in [-0.3, -0.25) is 23.7 Å². The number of imide groups is 1. The molecule has 0 N–H and O–H groups in total. The molecule has 2 aromatic carbocycles. The fraction of sp³-hybridized carbons (Fsp3) is 0.379. The lowest BCUT2D eigenvalue weighted by Gasteiger charge is -2.32. The van der Waals surface area contributed by atoms with Crippen LogP contribution in [0.1, 0.15) is 41.2 Å². The number of anilines is 1. The number of fused-ring (bicyclic) bond motifs is 2. The van der Waals surface area contributed by atoms with Crippen molar-refractivity contribution in [1.82, 2.24) is 9.47 Å². The maximum absolute atomic E-state index is 14.0. The Kier molecular flexibility index (Phi) is 7.42. The number of alkyl halides is 3. The monoisotopic (exact) mass is 617 g/mol. The summed E-state index contributed by atoms with van der Waals surface area (Å²) in [6.07, 6.45) is -1.85. The first-order valence-corrected chi connectivity index (χ1v) is 15.2. The summed E-state index contributed by atoms with van der Waals surface area (Å²) in [6.45, 7) is 1.02. The molecule has 13 heteroatoms. The third kappa shape index (κ3) is 4.81. The topological polar surface area (TPSA) is 88.9 Å². The Morgan fingerprint density at radius 2 is 1.74 bits per heavy atom. The number of hydrogen-bond donors (Lipinski definition) is 0. The lowest BCUT2D eigenvalue weighted by Crippen LogP contribution is -2.39. The molecule has 2 unspecified atom stereocenters. The fourth-order valence-electron chi connectivity index (χ4n) is 5.97. The van der Waals surface area contributed by atoms with Crippen LogP contribution in [0.15, 0.2) is 58.4 Å². The second-order valence-electron chi connectivity index (χ2n) is 10.4. The van der Waals surface area contributed by atoms with E-state index in [1.807, 2.05) is 0 Å². The van der Waals surface area contributed by atoms with Crippen molar-refractivity contribution in [2.24, 2.45) is 5.92 Å². The summed E-state index contributed by atoms with van der Waals surface area (Å²) in [6, 6.07) is 11.1. The van der Waals surface area contributed by atoms with Gasteiger partial charge in [0.05, 0.1) is 29.3 Å². The van der Waals surface area contributed by atoms with Crippen molar-refractivity contribution in [2.45, 2.75) is 48.2 Å². The van der Waals surface area contributed by atoms with Crippen LogP contribution in [0.4, 0.5) is 18.9 Å². The van der Waals surface area contributed by atoms with Gasteiger partial charge in [0.25, 0.3) is 0 Å². The van der Waals surface area contributed by atoms with Gasteiger partial charge in [-0.2, -0.15) is 13.2 Å². The van der Waals surface area contributed by atoms with Gasteiger partial charge < -0.3 is 9.64 Å². The molecule has 42 heavy (non-hydrogen) atoms. The Morgan fingerprint density at radius 1 is 1.00 bits per heavy atom. The Balaban J connectivity index is 1.45. The van der Waals surface area contributed by atoms with Gasteiger partial charge in [-0.25, -0.2) is 4.90 Å². The minimum Gasteiger partial charge on any atom is -0.496 e. The predicted molar refractivity (Wildman–Crippen MR) is 151 cm³/mol. The van der Waals surface area contributed by atoms with E-state index in [-0.39, 0.29) is 23.0 Å². The summed E-state index contributed by atoms with van der Waals surface area (Å²) < 4.78 is 47.5. The number of carbonyl (C=O) groups is 3. The normalized spacial score (nSPS) is 22.2. The highest BCUT2D eigenvalue weighted by atomic mass is 32.2. The molecule has 3 atom stereocenters. The van der Waals surface area contributed by atoms with Gasteiger partial charge >= 0.3 is 11.0 Å². The number of benzene rings is 2. The molecule has 3 aliphatic rings. The summed E-state index contributed by atoms with van der Waals surface area (Å²) in [7, 11) is 1.47. The first-order valence-electron chi connectivity index (χ1n) is 13.5. The standard InChI is InChI=1S/C29H26F3N3O5S2/c1-40-19-11-4-3-10-18(19)21-22-23(26(38)35(25(22)37)17-9-7-8-16(14-17)29(30,31)32)41-27-24(21)42-28(39)34(27)15-20(36)33-12-5-2-6-13-33/h3-4,7-11,14,21-23H,2,5-6,12-13,15H2,1H3/t21-,22?,23?/m1/s1. The number of methoxy groups -OCH3 is 1. The van der Waals surface area contributed by atoms with Crippen molar-refractivity contribution >= 4 is 46.5 Å². The molecule has 3 aliphatic heterocycles. The summed E-state index contributed by atoms with van der Waals surface area (Å²) in [5, 5.41) is -0.612. The van der Waals surface area contributed by atoms with Crippen LogP contribution in [0.3, 0.4) is 0 Å². The minimum absolute atomic E-state index is 0.172. The Bertz CT molecular complexity index is 1630. The van der Waals surface area contributed by atoms with E-state index in [1.165, 1.54) is 17.7 Å². The number of para-hydroxylation sites is 1.